The number of ether oxygens (including phenoxy) is 1. The highest BCUT2D eigenvalue weighted by Crippen LogP contribution is 2.27. The van der Waals surface area contributed by atoms with E-state index in [9.17, 15) is 9.59 Å². The molecule has 1 aliphatic carbocycles. The molecule has 1 aromatic carbocycles. The zero-order valence-corrected chi connectivity index (χ0v) is 16.7. The molecule has 0 radical (unpaired) electrons. The summed E-state index contributed by atoms with van der Waals surface area (Å²) in [5.41, 5.74) is 2.12. The number of carbonyl (C=O) groups excluding carboxylic acids is 2. The maximum atomic E-state index is 13.0. The van der Waals surface area contributed by atoms with E-state index in [1.807, 2.05) is 59.5 Å². The topological polar surface area (TPSA) is 60.3 Å². The summed E-state index contributed by atoms with van der Waals surface area (Å²) in [6.07, 6.45) is 4.48. The van der Waals surface area contributed by atoms with E-state index in [0.29, 0.717) is 11.3 Å². The van der Waals surface area contributed by atoms with Crippen molar-refractivity contribution in [3.8, 4) is 0 Å². The molecule has 146 valence electrons. The Morgan fingerprint density at radius 1 is 1.14 bits per heavy atom. The highest BCUT2D eigenvalue weighted by Gasteiger charge is 2.29. The van der Waals surface area contributed by atoms with E-state index in [1.165, 1.54) is 6.42 Å². The standard InChI is InChI=1S/C22H24N2O3S/c1-24-17-12-13-28-19(17)14-18(24)22(26)27-20(15-8-4-2-5-9-15)21(25)23-16-10-6-3-7-11-16/h2,4-5,8-9,12-14,16,20H,3,6-7,10-11H2,1H3,(H,23,25)/t20-/m0/s1. The number of aryl methyl sites for hydroxylation is 1. The van der Waals surface area contributed by atoms with Crippen LogP contribution in [-0.4, -0.2) is 22.5 Å². The van der Waals surface area contributed by atoms with Crippen molar-refractivity contribution in [3.05, 3.63) is 59.1 Å². The lowest BCUT2D eigenvalue weighted by Gasteiger charge is -2.25. The van der Waals surface area contributed by atoms with Crippen molar-refractivity contribution in [1.29, 1.82) is 0 Å². The summed E-state index contributed by atoms with van der Waals surface area (Å²) in [5.74, 6) is -0.735. The highest BCUT2D eigenvalue weighted by molar-refractivity contribution is 7.17. The van der Waals surface area contributed by atoms with Gasteiger partial charge in [0, 0.05) is 18.7 Å². The van der Waals surface area contributed by atoms with Crippen molar-refractivity contribution in [1.82, 2.24) is 9.88 Å². The number of rotatable bonds is 5. The van der Waals surface area contributed by atoms with Crippen molar-refractivity contribution >= 4 is 33.4 Å². The van der Waals surface area contributed by atoms with Gasteiger partial charge >= 0.3 is 5.97 Å². The second-order valence-corrected chi connectivity index (χ2v) is 8.25. The first-order valence-electron chi connectivity index (χ1n) is 9.72. The van der Waals surface area contributed by atoms with Gasteiger partial charge in [-0.2, -0.15) is 0 Å². The fourth-order valence-electron chi connectivity index (χ4n) is 3.84. The van der Waals surface area contributed by atoms with E-state index in [2.05, 4.69) is 5.32 Å². The number of nitrogens with zero attached hydrogens (tertiary/aromatic N) is 1. The van der Waals surface area contributed by atoms with E-state index in [1.54, 1.807) is 11.3 Å². The molecule has 4 rings (SSSR count). The van der Waals surface area contributed by atoms with Gasteiger partial charge in [0.2, 0.25) is 6.10 Å². The summed E-state index contributed by atoms with van der Waals surface area (Å²) in [4.78, 5) is 25.9. The van der Waals surface area contributed by atoms with E-state index >= 15 is 0 Å². The summed E-state index contributed by atoms with van der Waals surface area (Å²) < 4.78 is 8.58. The maximum absolute atomic E-state index is 13.0. The molecule has 1 saturated carbocycles. The molecule has 0 unspecified atom stereocenters. The Kier molecular flexibility index (Phi) is 5.48. The third-order valence-corrected chi connectivity index (χ3v) is 6.24. The molecule has 28 heavy (non-hydrogen) atoms. The van der Waals surface area contributed by atoms with Crippen LogP contribution in [0.2, 0.25) is 0 Å². The van der Waals surface area contributed by atoms with E-state index in [4.69, 9.17) is 4.74 Å². The van der Waals surface area contributed by atoms with Gasteiger partial charge < -0.3 is 14.6 Å². The Morgan fingerprint density at radius 3 is 2.61 bits per heavy atom. The van der Waals surface area contributed by atoms with Crippen molar-refractivity contribution in [2.45, 2.75) is 44.2 Å². The molecule has 5 nitrogen and oxygen atoms in total. The molecule has 6 heteroatoms. The number of hydrogen-bond acceptors (Lipinski definition) is 4. The second-order valence-electron chi connectivity index (χ2n) is 7.30. The quantitative estimate of drug-likeness (QED) is 0.642. The van der Waals surface area contributed by atoms with Gasteiger partial charge in [0.1, 0.15) is 5.69 Å². The number of esters is 1. The predicted octanol–water partition coefficient (Wildman–Crippen LogP) is 4.59. The lowest BCUT2D eigenvalue weighted by Crippen LogP contribution is -2.40. The lowest BCUT2D eigenvalue weighted by molar-refractivity contribution is -0.131. The van der Waals surface area contributed by atoms with Gasteiger partial charge in [-0.15, -0.1) is 11.3 Å². The number of hydrogen-bond donors (Lipinski definition) is 1. The van der Waals surface area contributed by atoms with Gasteiger partial charge in [0.15, 0.2) is 0 Å². The molecule has 1 atom stereocenters. The molecule has 1 fully saturated rings. The Morgan fingerprint density at radius 2 is 1.89 bits per heavy atom. The Labute approximate surface area is 168 Å². The first kappa shape index (κ1) is 18.7. The minimum absolute atomic E-state index is 0.159. The second kappa shape index (κ2) is 8.19. The lowest BCUT2D eigenvalue weighted by atomic mass is 9.95. The smallest absolute Gasteiger partial charge is 0.356 e. The van der Waals surface area contributed by atoms with E-state index in [-0.39, 0.29) is 11.9 Å². The van der Waals surface area contributed by atoms with Crippen LogP contribution in [0.1, 0.15) is 54.3 Å². The summed E-state index contributed by atoms with van der Waals surface area (Å²) in [7, 11) is 1.84. The Hall–Kier alpha value is -2.60. The van der Waals surface area contributed by atoms with Crippen molar-refractivity contribution < 1.29 is 14.3 Å². The SMILES string of the molecule is Cn1c(C(=O)O[C@H](C(=O)NC2CCCCC2)c2ccccc2)cc2sccc21. The van der Waals surface area contributed by atoms with Gasteiger partial charge in [0.05, 0.1) is 10.2 Å². The number of thiophene rings is 1. The first-order valence-corrected chi connectivity index (χ1v) is 10.6. The molecule has 2 aromatic heterocycles. The van der Waals surface area contributed by atoms with Gasteiger partial charge in [-0.25, -0.2) is 4.79 Å². The first-order chi connectivity index (χ1) is 13.6. The summed E-state index contributed by atoms with van der Waals surface area (Å²) in [6, 6.07) is 13.2. The van der Waals surface area contributed by atoms with Gasteiger partial charge in [-0.1, -0.05) is 49.6 Å². The minimum atomic E-state index is -0.955. The number of nitrogens with one attached hydrogen (secondary N) is 1. The van der Waals surface area contributed by atoms with Crippen LogP contribution in [0.3, 0.4) is 0 Å². The molecule has 2 heterocycles. The van der Waals surface area contributed by atoms with E-state index in [0.717, 1.165) is 35.9 Å². The van der Waals surface area contributed by atoms with Crippen molar-refractivity contribution in [2.24, 2.45) is 7.05 Å². The average Bonchev–Trinajstić information content (AvgIpc) is 3.30. The van der Waals surface area contributed by atoms with Gasteiger partial charge in [-0.3, -0.25) is 4.79 Å². The molecule has 0 spiro atoms. The zero-order valence-electron chi connectivity index (χ0n) is 15.9. The molecule has 0 bridgehead atoms. The molecular weight excluding hydrogens is 372 g/mol. The number of aromatic nitrogens is 1. The monoisotopic (exact) mass is 396 g/mol. The fourth-order valence-corrected chi connectivity index (χ4v) is 4.69. The van der Waals surface area contributed by atoms with Crippen LogP contribution in [0.4, 0.5) is 0 Å². The van der Waals surface area contributed by atoms with Crippen LogP contribution in [0.5, 0.6) is 0 Å². The predicted molar refractivity (Wildman–Crippen MR) is 110 cm³/mol. The van der Waals surface area contributed by atoms with Gasteiger partial charge in [-0.05, 0) is 30.4 Å². The molecule has 1 N–H and O–H groups in total. The zero-order chi connectivity index (χ0) is 19.5. The van der Waals surface area contributed by atoms with Crippen LogP contribution >= 0.6 is 11.3 Å². The van der Waals surface area contributed by atoms with E-state index < -0.39 is 12.1 Å². The number of carbonyl (C=O) groups is 2. The average molecular weight is 397 g/mol. The van der Waals surface area contributed by atoms with Crippen molar-refractivity contribution in [2.75, 3.05) is 0 Å². The number of benzene rings is 1. The largest absolute Gasteiger partial charge is 0.443 e. The molecule has 1 amide bonds. The fraction of sp³-hybridized carbons (Fsp3) is 0.364. The molecule has 3 aromatic rings. The van der Waals surface area contributed by atoms with Crippen LogP contribution in [0.25, 0.3) is 10.2 Å². The van der Waals surface area contributed by atoms with Crippen LogP contribution < -0.4 is 5.32 Å². The maximum Gasteiger partial charge on any atom is 0.356 e. The normalized spacial score (nSPS) is 16.0. The number of amides is 1. The molecule has 0 saturated heterocycles. The third kappa shape index (κ3) is 3.83. The molecule has 0 aliphatic heterocycles. The van der Waals surface area contributed by atoms with Crippen LogP contribution in [0.15, 0.2) is 47.8 Å². The molecular formula is C22H24N2O3S. The Bertz CT molecular complexity index is 970. The summed E-state index contributed by atoms with van der Waals surface area (Å²) in [5, 5.41) is 5.08. The Balaban J connectivity index is 1.56. The van der Waals surface area contributed by atoms with Crippen LogP contribution in [-0.2, 0) is 16.6 Å². The highest BCUT2D eigenvalue weighted by atomic mass is 32.1. The molecule has 1 aliphatic rings. The number of fused-ring (bicyclic) bond motifs is 1. The third-order valence-electron chi connectivity index (χ3n) is 5.39. The van der Waals surface area contributed by atoms with Crippen LogP contribution in [0, 0.1) is 0 Å². The van der Waals surface area contributed by atoms with Crippen molar-refractivity contribution in [3.63, 3.8) is 0 Å². The minimum Gasteiger partial charge on any atom is -0.443 e. The summed E-state index contributed by atoms with van der Waals surface area (Å²) >= 11 is 1.58. The summed E-state index contributed by atoms with van der Waals surface area (Å²) in [6.45, 7) is 0. The van der Waals surface area contributed by atoms with Gasteiger partial charge in [0.25, 0.3) is 5.91 Å².